The van der Waals surface area contributed by atoms with E-state index in [1.165, 1.54) is 18.6 Å². The van der Waals surface area contributed by atoms with Crippen LogP contribution >= 0.6 is 0 Å². The average Bonchev–Trinajstić information content (AvgIpc) is 3.45. The van der Waals surface area contributed by atoms with Crippen LogP contribution in [-0.2, 0) is 28.7 Å². The van der Waals surface area contributed by atoms with Crippen molar-refractivity contribution in [3.05, 3.63) is 57.7 Å². The van der Waals surface area contributed by atoms with Gasteiger partial charge in [0.25, 0.3) is 0 Å². The van der Waals surface area contributed by atoms with Gasteiger partial charge in [-0.3, -0.25) is 9.69 Å². The molecule has 0 saturated carbocycles. The molecular weight excluding hydrogens is 637 g/mol. The van der Waals surface area contributed by atoms with E-state index in [9.17, 15) is 22.8 Å². The number of carbonyl (C=O) groups excluding carboxylic acids is 2. The topological polar surface area (TPSA) is 49.9 Å². The Balaban J connectivity index is 0. The number of benzene rings is 1. The van der Waals surface area contributed by atoms with Gasteiger partial charge in [0.15, 0.2) is 5.78 Å². The molecule has 0 aromatic heterocycles. The summed E-state index contributed by atoms with van der Waals surface area (Å²) in [5.74, 6) is 0.761. The van der Waals surface area contributed by atoms with Gasteiger partial charge in [-0.25, -0.2) is 4.79 Å². The second kappa shape index (κ2) is 26.2. The SMILES string of the molecule is CC.CC.CCC.CCCC/C=C(/C(C)=O)C1=C(C)CN(C(=O)OC(C)(C)C)CC1.CCCc1cc(CN2CC[C@@H](C)C2)cc(C(F)(F)F)c1. The lowest BCUT2D eigenvalue weighted by atomic mass is 9.91. The summed E-state index contributed by atoms with van der Waals surface area (Å²) in [6.07, 6.45) is 5.33. The molecule has 5 nitrogen and oxygen atoms in total. The zero-order chi connectivity index (χ0) is 39.1. The number of alkyl halides is 3. The number of amides is 1. The van der Waals surface area contributed by atoms with Gasteiger partial charge >= 0.3 is 12.3 Å². The number of ether oxygens (including phenoxy) is 1. The molecule has 0 bridgehead atoms. The normalized spacial score (nSPS) is 16.5. The highest BCUT2D eigenvalue weighted by molar-refractivity contribution is 5.98. The van der Waals surface area contributed by atoms with Gasteiger partial charge in [0.1, 0.15) is 5.60 Å². The Morgan fingerprint density at radius 3 is 1.96 bits per heavy atom. The Hall–Kier alpha value is -2.61. The van der Waals surface area contributed by atoms with Crippen molar-refractivity contribution in [2.45, 2.75) is 167 Å². The molecule has 3 rings (SSSR count). The second-order valence-electron chi connectivity index (χ2n) is 13.8. The summed E-state index contributed by atoms with van der Waals surface area (Å²) in [4.78, 5) is 28.1. The summed E-state index contributed by atoms with van der Waals surface area (Å²) in [7, 11) is 0. The van der Waals surface area contributed by atoms with Crippen molar-refractivity contribution in [3.8, 4) is 0 Å². The maximum absolute atomic E-state index is 13.0. The number of hydrogen-bond donors (Lipinski definition) is 0. The zero-order valence-electron chi connectivity index (χ0n) is 34.3. The van der Waals surface area contributed by atoms with E-state index in [1.807, 2.05) is 68.4 Å². The monoisotopic (exact) mass is 711 g/mol. The molecule has 1 saturated heterocycles. The average molecular weight is 711 g/mol. The fraction of sp³-hybridized carbons (Fsp3) is 0.714. The number of halogens is 3. The Labute approximate surface area is 305 Å². The van der Waals surface area contributed by atoms with E-state index in [-0.39, 0.29) is 11.9 Å². The summed E-state index contributed by atoms with van der Waals surface area (Å²) >= 11 is 0. The largest absolute Gasteiger partial charge is 0.444 e. The van der Waals surface area contributed by atoms with Crippen molar-refractivity contribution < 1.29 is 27.5 Å². The van der Waals surface area contributed by atoms with Crippen LogP contribution in [0.2, 0.25) is 0 Å². The van der Waals surface area contributed by atoms with E-state index in [4.69, 9.17) is 4.74 Å². The summed E-state index contributed by atoms with van der Waals surface area (Å²) < 4.78 is 44.3. The van der Waals surface area contributed by atoms with Gasteiger partial charge in [0, 0.05) is 31.8 Å². The molecule has 8 heteroatoms. The first-order chi connectivity index (χ1) is 23.4. The van der Waals surface area contributed by atoms with Crippen molar-refractivity contribution in [1.29, 1.82) is 0 Å². The van der Waals surface area contributed by atoms with Gasteiger partial charge in [0.05, 0.1) is 5.56 Å². The lowest BCUT2D eigenvalue weighted by Crippen LogP contribution is -2.40. The molecule has 0 N–H and O–H groups in total. The van der Waals surface area contributed by atoms with Crippen molar-refractivity contribution in [2.75, 3.05) is 26.2 Å². The van der Waals surface area contributed by atoms with Crippen molar-refractivity contribution in [1.82, 2.24) is 9.80 Å². The lowest BCUT2D eigenvalue weighted by Gasteiger charge is -2.32. The minimum absolute atomic E-state index is 0.112. The number of hydrogen-bond acceptors (Lipinski definition) is 4. The number of allylic oxidation sites excluding steroid dienone is 2. The number of ketones is 1. The van der Waals surface area contributed by atoms with Crippen LogP contribution in [0.3, 0.4) is 0 Å². The second-order valence-corrected chi connectivity index (χ2v) is 13.8. The van der Waals surface area contributed by atoms with Crippen molar-refractivity contribution in [3.63, 3.8) is 0 Å². The van der Waals surface area contributed by atoms with Crippen LogP contribution in [0.4, 0.5) is 18.0 Å². The summed E-state index contributed by atoms with van der Waals surface area (Å²) in [6, 6.07) is 4.53. The quantitative estimate of drug-likeness (QED) is 0.189. The lowest BCUT2D eigenvalue weighted by molar-refractivity contribution is -0.137. The maximum Gasteiger partial charge on any atom is 0.416 e. The molecule has 1 atom stereocenters. The van der Waals surface area contributed by atoms with E-state index in [1.54, 1.807) is 11.8 Å². The van der Waals surface area contributed by atoms with E-state index in [0.29, 0.717) is 38.4 Å². The van der Waals surface area contributed by atoms with Gasteiger partial charge in [-0.15, -0.1) is 0 Å². The molecule has 290 valence electrons. The van der Waals surface area contributed by atoms with Gasteiger partial charge < -0.3 is 9.64 Å². The fourth-order valence-corrected chi connectivity index (χ4v) is 5.58. The zero-order valence-corrected chi connectivity index (χ0v) is 34.3. The molecule has 2 aliphatic heterocycles. The number of likely N-dealkylation sites (tertiary alicyclic amines) is 1. The Morgan fingerprint density at radius 1 is 0.940 bits per heavy atom. The summed E-state index contributed by atoms with van der Waals surface area (Å²) in [6.45, 7) is 31.5. The van der Waals surface area contributed by atoms with E-state index < -0.39 is 17.3 Å². The van der Waals surface area contributed by atoms with Crippen LogP contribution < -0.4 is 0 Å². The number of Topliss-reactive ketones (excluding diaryl/α,β-unsaturated/α-hetero) is 1. The molecule has 1 amide bonds. The molecule has 2 aliphatic rings. The van der Waals surface area contributed by atoms with Gasteiger partial charge in [-0.1, -0.05) is 100 Å². The highest BCUT2D eigenvalue weighted by atomic mass is 19.4. The van der Waals surface area contributed by atoms with Crippen LogP contribution in [0, 0.1) is 5.92 Å². The number of unbranched alkanes of at least 4 members (excludes halogenated alkanes) is 2. The number of aryl methyl sites for hydroxylation is 1. The minimum atomic E-state index is -4.25. The van der Waals surface area contributed by atoms with Gasteiger partial charge in [-0.05, 0) is 107 Å². The number of carbonyl (C=O) groups is 2. The van der Waals surface area contributed by atoms with Crippen molar-refractivity contribution >= 4 is 11.9 Å². The third-order valence-electron chi connectivity index (χ3n) is 7.67. The smallest absolute Gasteiger partial charge is 0.416 e. The molecule has 0 radical (unpaired) electrons. The fourth-order valence-electron chi connectivity index (χ4n) is 5.58. The van der Waals surface area contributed by atoms with E-state index in [0.717, 1.165) is 73.0 Å². The van der Waals surface area contributed by atoms with E-state index in [2.05, 4.69) is 38.7 Å². The molecule has 1 fully saturated rings. The van der Waals surface area contributed by atoms with Crippen molar-refractivity contribution in [2.24, 2.45) is 5.92 Å². The molecule has 0 unspecified atom stereocenters. The Kier molecular flexibility index (Phi) is 25.9. The highest BCUT2D eigenvalue weighted by Gasteiger charge is 2.31. The third kappa shape index (κ3) is 20.3. The maximum atomic E-state index is 13.0. The molecule has 1 aromatic carbocycles. The molecule has 0 aliphatic carbocycles. The number of nitrogens with zero attached hydrogens (tertiary/aromatic N) is 2. The Bertz CT molecular complexity index is 1170. The Morgan fingerprint density at radius 2 is 1.52 bits per heavy atom. The van der Waals surface area contributed by atoms with Gasteiger partial charge in [-0.2, -0.15) is 13.2 Å². The van der Waals surface area contributed by atoms with Crippen LogP contribution in [0.15, 0.2) is 41.0 Å². The van der Waals surface area contributed by atoms with Crippen LogP contribution in [-0.4, -0.2) is 53.5 Å². The molecular formula is C42H73F3N2O3. The molecule has 0 spiro atoms. The van der Waals surface area contributed by atoms with Crippen LogP contribution in [0.1, 0.15) is 159 Å². The summed E-state index contributed by atoms with van der Waals surface area (Å²) in [5, 5.41) is 0. The standard InChI is InChI=1S/C19H31NO3.C16H22F3N.C3H8.2C2H6/c1-7-8-9-10-17(15(3)21)16-11-12-20(13-14(16)2)18(22)23-19(4,5)6;1-3-4-13-7-14(9-15(8-13)16(17,18)19)11-20-6-5-12(2)10-20;1-3-2;2*1-2/h10H,7-9,11-13H2,1-6H3;7-9,12H,3-6,10-11H2,1-2H3;3H2,1-2H3;2*1-2H3/b17-10-;;;;/t;12-;;;/m.1.../s1. The molecule has 50 heavy (non-hydrogen) atoms. The van der Waals surface area contributed by atoms with Crippen LogP contribution in [0.25, 0.3) is 0 Å². The van der Waals surface area contributed by atoms with Gasteiger partial charge in [0.2, 0.25) is 0 Å². The first-order valence-corrected chi connectivity index (χ1v) is 19.3. The van der Waals surface area contributed by atoms with E-state index >= 15 is 0 Å². The molecule has 2 heterocycles. The summed E-state index contributed by atoms with van der Waals surface area (Å²) in [5.41, 5.74) is 3.61. The predicted molar refractivity (Wildman–Crippen MR) is 207 cm³/mol. The first-order valence-electron chi connectivity index (χ1n) is 19.3. The minimum Gasteiger partial charge on any atom is -0.444 e. The number of rotatable bonds is 9. The highest BCUT2D eigenvalue weighted by Crippen LogP contribution is 2.32. The molecule has 1 aromatic rings. The predicted octanol–water partition coefficient (Wildman–Crippen LogP) is 12.6. The third-order valence-corrected chi connectivity index (χ3v) is 7.67. The van der Waals surface area contributed by atoms with Crippen LogP contribution in [0.5, 0.6) is 0 Å². The first kappa shape index (κ1) is 49.5.